The third-order valence-electron chi connectivity index (χ3n) is 3.72. The van der Waals surface area contributed by atoms with Crippen LogP contribution in [0.1, 0.15) is 47.4 Å². The van der Waals surface area contributed by atoms with Crippen LogP contribution in [0, 0.1) is 5.41 Å². The van der Waals surface area contributed by atoms with Gasteiger partial charge in [-0.2, -0.15) is 0 Å². The molecule has 0 unspecified atom stereocenters. The van der Waals surface area contributed by atoms with Crippen molar-refractivity contribution in [3.63, 3.8) is 0 Å². The Morgan fingerprint density at radius 1 is 1.09 bits per heavy atom. The molecular weight excluding hydrogens is 284 g/mol. The number of hydrogen-bond donors (Lipinski definition) is 3. The Kier molecular flexibility index (Phi) is 4.49. The second-order valence-corrected chi connectivity index (χ2v) is 5.97. The van der Waals surface area contributed by atoms with Crippen LogP contribution in [-0.4, -0.2) is 35.5 Å². The molecule has 0 radical (unpaired) electrons. The maximum Gasteiger partial charge on any atom is 0.311 e. The average Bonchev–Trinajstić information content (AvgIpc) is 3.25. The molecule has 2 rings (SSSR count). The molecule has 22 heavy (non-hydrogen) atoms. The smallest absolute Gasteiger partial charge is 0.311 e. The highest BCUT2D eigenvalue weighted by Gasteiger charge is 2.50. The molecule has 1 aromatic rings. The van der Waals surface area contributed by atoms with Gasteiger partial charge in [0.05, 0.1) is 5.41 Å². The molecule has 0 aliphatic heterocycles. The Hall–Kier alpha value is -2.37. The monoisotopic (exact) mass is 304 g/mol. The lowest BCUT2D eigenvalue weighted by atomic mass is 10.1. The standard InChI is InChI=1S/C16H20N2O4/c1-10(2)18-14(20)12-5-3-11(4-6-12)13(19)17-9-16(7-8-16)15(21)22/h3-6,10H,7-9H2,1-2H3,(H,17,19)(H,18,20)(H,21,22). The molecule has 0 saturated heterocycles. The maximum absolute atomic E-state index is 12.0. The molecule has 3 N–H and O–H groups in total. The quantitative estimate of drug-likeness (QED) is 0.740. The van der Waals surface area contributed by atoms with Crippen molar-refractivity contribution in [1.82, 2.24) is 10.6 Å². The third-order valence-corrected chi connectivity index (χ3v) is 3.72. The first-order chi connectivity index (χ1) is 10.3. The van der Waals surface area contributed by atoms with E-state index in [4.69, 9.17) is 5.11 Å². The van der Waals surface area contributed by atoms with Crippen molar-refractivity contribution in [2.45, 2.75) is 32.7 Å². The van der Waals surface area contributed by atoms with Gasteiger partial charge in [0, 0.05) is 23.7 Å². The van der Waals surface area contributed by atoms with Gasteiger partial charge in [0.15, 0.2) is 0 Å². The number of hydrogen-bond acceptors (Lipinski definition) is 3. The molecule has 0 aromatic heterocycles. The van der Waals surface area contributed by atoms with E-state index >= 15 is 0 Å². The second-order valence-electron chi connectivity index (χ2n) is 5.97. The number of carboxylic acid groups (broad SMARTS) is 1. The van der Waals surface area contributed by atoms with Crippen molar-refractivity contribution < 1.29 is 19.5 Å². The molecule has 1 saturated carbocycles. The van der Waals surface area contributed by atoms with E-state index in [-0.39, 0.29) is 24.4 Å². The summed E-state index contributed by atoms with van der Waals surface area (Å²) < 4.78 is 0. The zero-order valence-electron chi connectivity index (χ0n) is 12.7. The minimum Gasteiger partial charge on any atom is -0.481 e. The van der Waals surface area contributed by atoms with Crippen LogP contribution in [0.2, 0.25) is 0 Å². The Balaban J connectivity index is 1.94. The van der Waals surface area contributed by atoms with Crippen LogP contribution < -0.4 is 10.6 Å². The molecular formula is C16H20N2O4. The number of amides is 2. The highest BCUT2D eigenvalue weighted by atomic mass is 16.4. The Morgan fingerprint density at radius 3 is 2.00 bits per heavy atom. The summed E-state index contributed by atoms with van der Waals surface area (Å²) in [7, 11) is 0. The van der Waals surface area contributed by atoms with E-state index < -0.39 is 11.4 Å². The summed E-state index contributed by atoms with van der Waals surface area (Å²) in [6, 6.07) is 6.32. The van der Waals surface area contributed by atoms with Crippen molar-refractivity contribution >= 4 is 17.8 Å². The van der Waals surface area contributed by atoms with E-state index in [9.17, 15) is 14.4 Å². The Morgan fingerprint density at radius 2 is 1.59 bits per heavy atom. The summed E-state index contributed by atoms with van der Waals surface area (Å²) in [4.78, 5) is 34.8. The van der Waals surface area contributed by atoms with E-state index in [0.717, 1.165) is 0 Å². The van der Waals surface area contributed by atoms with Crippen LogP contribution in [0.25, 0.3) is 0 Å². The fourth-order valence-electron chi connectivity index (χ4n) is 2.09. The Labute approximate surface area is 128 Å². The van der Waals surface area contributed by atoms with E-state index in [1.807, 2.05) is 13.8 Å². The number of rotatable bonds is 6. The second kappa shape index (κ2) is 6.17. The van der Waals surface area contributed by atoms with Crippen LogP contribution in [0.3, 0.4) is 0 Å². The summed E-state index contributed by atoms with van der Waals surface area (Å²) in [5.41, 5.74) is 0.101. The fraction of sp³-hybridized carbons (Fsp3) is 0.438. The zero-order chi connectivity index (χ0) is 16.3. The number of nitrogens with one attached hydrogen (secondary N) is 2. The summed E-state index contributed by atoms with van der Waals surface area (Å²) in [5, 5.41) is 14.5. The molecule has 118 valence electrons. The zero-order valence-corrected chi connectivity index (χ0v) is 12.7. The highest BCUT2D eigenvalue weighted by molar-refractivity contribution is 5.98. The van der Waals surface area contributed by atoms with Gasteiger partial charge in [-0.15, -0.1) is 0 Å². The van der Waals surface area contributed by atoms with Crippen LogP contribution in [0.15, 0.2) is 24.3 Å². The summed E-state index contributed by atoms with van der Waals surface area (Å²) in [6.45, 7) is 3.88. The number of carbonyl (C=O) groups excluding carboxylic acids is 2. The van der Waals surface area contributed by atoms with Gasteiger partial charge in [0.25, 0.3) is 11.8 Å². The van der Waals surface area contributed by atoms with Crippen molar-refractivity contribution in [1.29, 1.82) is 0 Å². The lowest BCUT2D eigenvalue weighted by Gasteiger charge is -2.11. The van der Waals surface area contributed by atoms with Gasteiger partial charge in [-0.25, -0.2) is 0 Å². The van der Waals surface area contributed by atoms with Crippen LogP contribution >= 0.6 is 0 Å². The van der Waals surface area contributed by atoms with Crippen molar-refractivity contribution in [3.05, 3.63) is 35.4 Å². The molecule has 1 aromatic carbocycles. The summed E-state index contributed by atoms with van der Waals surface area (Å²) >= 11 is 0. The van der Waals surface area contributed by atoms with E-state index in [0.29, 0.717) is 24.0 Å². The minimum atomic E-state index is -0.867. The lowest BCUT2D eigenvalue weighted by Crippen LogP contribution is -2.34. The molecule has 6 nitrogen and oxygen atoms in total. The Bertz CT molecular complexity index is 589. The van der Waals surface area contributed by atoms with E-state index in [1.165, 1.54) is 0 Å². The van der Waals surface area contributed by atoms with Gasteiger partial charge in [-0.1, -0.05) is 0 Å². The summed E-state index contributed by atoms with van der Waals surface area (Å²) in [5.74, 6) is -1.39. The topological polar surface area (TPSA) is 95.5 Å². The molecule has 0 spiro atoms. The molecule has 0 heterocycles. The molecule has 1 aliphatic rings. The van der Waals surface area contributed by atoms with Crippen LogP contribution in [0.4, 0.5) is 0 Å². The van der Waals surface area contributed by atoms with Gasteiger partial charge >= 0.3 is 5.97 Å². The van der Waals surface area contributed by atoms with Crippen LogP contribution in [0.5, 0.6) is 0 Å². The molecule has 1 fully saturated rings. The molecule has 6 heteroatoms. The largest absolute Gasteiger partial charge is 0.481 e. The lowest BCUT2D eigenvalue weighted by molar-refractivity contribution is -0.143. The van der Waals surface area contributed by atoms with Crippen molar-refractivity contribution in [3.8, 4) is 0 Å². The first-order valence-electron chi connectivity index (χ1n) is 7.26. The van der Waals surface area contributed by atoms with Gasteiger partial charge in [-0.05, 0) is 51.0 Å². The number of carbonyl (C=O) groups is 3. The summed E-state index contributed by atoms with van der Waals surface area (Å²) in [6.07, 6.45) is 1.19. The number of carboxylic acids is 1. The van der Waals surface area contributed by atoms with E-state index in [1.54, 1.807) is 24.3 Å². The van der Waals surface area contributed by atoms with Crippen molar-refractivity contribution in [2.75, 3.05) is 6.54 Å². The predicted molar refractivity (Wildman–Crippen MR) is 80.7 cm³/mol. The minimum absolute atomic E-state index is 0.0428. The fourth-order valence-corrected chi connectivity index (χ4v) is 2.09. The van der Waals surface area contributed by atoms with Gasteiger partial charge in [0.2, 0.25) is 0 Å². The normalized spacial score (nSPS) is 15.2. The maximum atomic E-state index is 12.0. The number of benzene rings is 1. The van der Waals surface area contributed by atoms with Crippen LogP contribution in [-0.2, 0) is 4.79 Å². The first kappa shape index (κ1) is 16.0. The molecule has 1 aliphatic carbocycles. The third kappa shape index (κ3) is 3.63. The highest BCUT2D eigenvalue weighted by Crippen LogP contribution is 2.45. The molecule has 0 atom stereocenters. The predicted octanol–water partition coefficient (Wildman–Crippen LogP) is 1.42. The SMILES string of the molecule is CC(C)NC(=O)c1ccc(C(=O)NCC2(C(=O)O)CC2)cc1. The van der Waals surface area contributed by atoms with Crippen molar-refractivity contribution in [2.24, 2.45) is 5.41 Å². The first-order valence-corrected chi connectivity index (χ1v) is 7.26. The molecule has 2 amide bonds. The van der Waals surface area contributed by atoms with Gasteiger partial charge in [-0.3, -0.25) is 14.4 Å². The number of aliphatic carboxylic acids is 1. The average molecular weight is 304 g/mol. The van der Waals surface area contributed by atoms with Gasteiger partial charge in [0.1, 0.15) is 0 Å². The molecule has 0 bridgehead atoms. The van der Waals surface area contributed by atoms with E-state index in [2.05, 4.69) is 10.6 Å². The van der Waals surface area contributed by atoms with Gasteiger partial charge < -0.3 is 15.7 Å².